The summed E-state index contributed by atoms with van der Waals surface area (Å²) in [6.07, 6.45) is -0.833. The van der Waals surface area contributed by atoms with Crippen LogP contribution in [0.15, 0.2) is 54.7 Å². The van der Waals surface area contributed by atoms with Gasteiger partial charge in [-0.15, -0.1) is 0 Å². The summed E-state index contributed by atoms with van der Waals surface area (Å²) in [5, 5.41) is 33.1. The van der Waals surface area contributed by atoms with Crippen molar-refractivity contribution in [3.8, 4) is 0 Å². The van der Waals surface area contributed by atoms with E-state index in [1.54, 1.807) is 0 Å². The molecule has 136 valence electrons. The van der Waals surface area contributed by atoms with Crippen LogP contribution < -0.4 is 0 Å². The van der Waals surface area contributed by atoms with Gasteiger partial charge in [0.2, 0.25) is 0 Å². The lowest BCUT2D eigenvalue weighted by Crippen LogP contribution is -2.44. The summed E-state index contributed by atoms with van der Waals surface area (Å²) < 4.78 is 0. The summed E-state index contributed by atoms with van der Waals surface area (Å²) in [5.41, 5.74) is 3.73. The van der Waals surface area contributed by atoms with Crippen LogP contribution in [-0.4, -0.2) is 43.5 Å². The molecule has 4 aromatic rings. The molecule has 4 unspecified atom stereocenters. The molecular weight excluding hydrogens is 344 g/mol. The van der Waals surface area contributed by atoms with Crippen molar-refractivity contribution in [1.82, 2.24) is 9.97 Å². The second-order valence-corrected chi connectivity index (χ2v) is 7.06. The molecule has 0 bridgehead atoms. The molecule has 0 fully saturated rings. The maximum Gasteiger partial charge on any atom is 0.313 e. The number of hydrogen-bond acceptors (Lipinski definition) is 3. The van der Waals surface area contributed by atoms with Gasteiger partial charge in [0.1, 0.15) is 5.92 Å². The quantitative estimate of drug-likeness (QED) is 0.378. The molecule has 2 aromatic carbocycles. The van der Waals surface area contributed by atoms with Crippen LogP contribution in [0.4, 0.5) is 0 Å². The van der Waals surface area contributed by atoms with E-state index in [9.17, 15) is 20.1 Å². The van der Waals surface area contributed by atoms with Gasteiger partial charge in [-0.05, 0) is 23.3 Å². The maximum atomic E-state index is 11.9. The van der Waals surface area contributed by atoms with Crippen molar-refractivity contribution in [2.24, 2.45) is 0 Å². The van der Waals surface area contributed by atoms with Gasteiger partial charge in [-0.2, -0.15) is 0 Å². The zero-order chi connectivity index (χ0) is 18.7. The van der Waals surface area contributed by atoms with Crippen LogP contribution in [0.5, 0.6) is 0 Å². The van der Waals surface area contributed by atoms with Gasteiger partial charge in [-0.3, -0.25) is 4.79 Å². The average molecular weight is 362 g/mol. The van der Waals surface area contributed by atoms with Crippen LogP contribution in [0.2, 0.25) is 0 Å². The Kier molecular flexibility index (Phi) is 3.40. The van der Waals surface area contributed by atoms with Crippen LogP contribution in [-0.2, 0) is 4.79 Å². The third-order valence-corrected chi connectivity index (χ3v) is 5.65. The Morgan fingerprint density at radius 3 is 2.30 bits per heavy atom. The van der Waals surface area contributed by atoms with E-state index in [-0.39, 0.29) is 0 Å². The number of hydrogen-bond donors (Lipinski definition) is 5. The fraction of sp³-hybridized carbons (Fsp3) is 0.190. The molecule has 2 aromatic heterocycles. The van der Waals surface area contributed by atoms with E-state index in [4.69, 9.17) is 0 Å². The molecule has 6 nitrogen and oxygen atoms in total. The standard InChI is InChI=1S/C21H18N2O4/c24-19-16(12-9-22-13-7-3-1-5-10(12)13)18-15(17(20(19)25)21(26)27)11-6-2-4-8-14(11)23-18/h1-9,16-17,19-20,22-25H,(H,26,27). The number of para-hydroxylation sites is 2. The number of aliphatic carboxylic acids is 1. The van der Waals surface area contributed by atoms with Gasteiger partial charge in [0.25, 0.3) is 0 Å². The molecule has 0 spiro atoms. The highest BCUT2D eigenvalue weighted by Gasteiger charge is 2.47. The van der Waals surface area contributed by atoms with Crippen LogP contribution in [0.25, 0.3) is 21.8 Å². The predicted molar refractivity (Wildman–Crippen MR) is 101 cm³/mol. The van der Waals surface area contributed by atoms with Gasteiger partial charge in [-0.25, -0.2) is 0 Å². The maximum absolute atomic E-state index is 11.9. The highest BCUT2D eigenvalue weighted by Crippen LogP contribution is 2.47. The molecule has 0 saturated heterocycles. The lowest BCUT2D eigenvalue weighted by Gasteiger charge is -2.36. The molecule has 0 aliphatic heterocycles. The van der Waals surface area contributed by atoms with Crippen molar-refractivity contribution in [1.29, 1.82) is 0 Å². The summed E-state index contributed by atoms with van der Waals surface area (Å²) in [4.78, 5) is 18.4. The van der Waals surface area contributed by atoms with Crippen molar-refractivity contribution in [2.75, 3.05) is 0 Å². The van der Waals surface area contributed by atoms with Gasteiger partial charge in [0.15, 0.2) is 0 Å². The van der Waals surface area contributed by atoms with Crippen molar-refractivity contribution < 1.29 is 20.1 Å². The topological polar surface area (TPSA) is 109 Å². The Hall–Kier alpha value is -3.09. The molecule has 0 saturated carbocycles. The van der Waals surface area contributed by atoms with Gasteiger partial charge >= 0.3 is 5.97 Å². The Morgan fingerprint density at radius 1 is 0.889 bits per heavy atom. The molecule has 0 radical (unpaired) electrons. The number of rotatable bonds is 2. The number of aliphatic hydroxyl groups is 2. The summed E-state index contributed by atoms with van der Waals surface area (Å²) >= 11 is 0. The minimum atomic E-state index is -1.41. The highest BCUT2D eigenvalue weighted by molar-refractivity contribution is 5.93. The SMILES string of the molecule is O=C(O)C1c2c([nH]c3ccccc23)C(c2c[nH]c3ccccc23)C(O)C1O. The molecule has 2 heterocycles. The fourth-order valence-electron chi connectivity index (χ4n) is 4.46. The predicted octanol–water partition coefficient (Wildman–Crippen LogP) is 2.68. The first-order valence-electron chi connectivity index (χ1n) is 8.83. The number of aromatic amines is 2. The number of nitrogens with one attached hydrogen (secondary N) is 2. The lowest BCUT2D eigenvalue weighted by atomic mass is 9.73. The Bertz CT molecular complexity index is 1180. The Balaban J connectivity index is 1.83. The number of carboxylic acid groups (broad SMARTS) is 1. The van der Waals surface area contributed by atoms with Gasteiger partial charge in [-0.1, -0.05) is 36.4 Å². The highest BCUT2D eigenvalue weighted by atomic mass is 16.4. The van der Waals surface area contributed by atoms with Gasteiger partial charge < -0.3 is 25.3 Å². The molecule has 27 heavy (non-hydrogen) atoms. The molecule has 5 rings (SSSR count). The number of carboxylic acids is 1. The number of aliphatic hydroxyl groups excluding tert-OH is 2. The van der Waals surface area contributed by atoms with E-state index in [2.05, 4.69) is 9.97 Å². The van der Waals surface area contributed by atoms with Gasteiger partial charge in [0.05, 0.1) is 18.1 Å². The number of carbonyl (C=O) groups is 1. The average Bonchev–Trinajstić information content (AvgIpc) is 3.25. The van der Waals surface area contributed by atoms with E-state index in [0.717, 1.165) is 27.4 Å². The molecule has 6 heteroatoms. The van der Waals surface area contributed by atoms with Crippen molar-refractivity contribution in [3.05, 3.63) is 71.5 Å². The minimum absolute atomic E-state index is 0.547. The summed E-state index contributed by atoms with van der Waals surface area (Å²) in [6.45, 7) is 0. The third kappa shape index (κ3) is 2.17. The van der Waals surface area contributed by atoms with Crippen molar-refractivity contribution in [3.63, 3.8) is 0 Å². The first-order valence-corrected chi connectivity index (χ1v) is 8.83. The summed E-state index contributed by atoms with van der Waals surface area (Å²) in [5.74, 6) is -2.90. The largest absolute Gasteiger partial charge is 0.481 e. The summed E-state index contributed by atoms with van der Waals surface area (Å²) in [6, 6.07) is 15.2. The number of fused-ring (bicyclic) bond motifs is 4. The Morgan fingerprint density at radius 2 is 1.56 bits per heavy atom. The second-order valence-electron chi connectivity index (χ2n) is 7.06. The molecule has 1 aliphatic rings. The number of benzene rings is 2. The normalized spacial score (nSPS) is 25.0. The third-order valence-electron chi connectivity index (χ3n) is 5.65. The molecule has 4 atom stereocenters. The van der Waals surface area contributed by atoms with Gasteiger partial charge in [0, 0.05) is 33.7 Å². The van der Waals surface area contributed by atoms with E-state index < -0.39 is 30.0 Å². The van der Waals surface area contributed by atoms with E-state index in [1.165, 1.54) is 0 Å². The summed E-state index contributed by atoms with van der Waals surface area (Å²) in [7, 11) is 0. The molecule has 1 aliphatic carbocycles. The van der Waals surface area contributed by atoms with E-state index in [0.29, 0.717) is 11.3 Å². The zero-order valence-electron chi connectivity index (χ0n) is 14.3. The Labute approximate surface area is 154 Å². The van der Waals surface area contributed by atoms with Crippen LogP contribution in [0.3, 0.4) is 0 Å². The zero-order valence-corrected chi connectivity index (χ0v) is 14.3. The fourth-order valence-corrected chi connectivity index (χ4v) is 4.46. The van der Waals surface area contributed by atoms with Crippen molar-refractivity contribution in [2.45, 2.75) is 24.0 Å². The smallest absolute Gasteiger partial charge is 0.313 e. The number of H-pyrrole nitrogens is 2. The minimum Gasteiger partial charge on any atom is -0.481 e. The van der Waals surface area contributed by atoms with E-state index >= 15 is 0 Å². The first-order chi connectivity index (χ1) is 13.1. The van der Waals surface area contributed by atoms with Crippen LogP contribution >= 0.6 is 0 Å². The first kappa shape index (κ1) is 16.1. The van der Waals surface area contributed by atoms with E-state index in [1.807, 2.05) is 54.7 Å². The molecular formula is C21H18N2O4. The van der Waals surface area contributed by atoms with Crippen molar-refractivity contribution >= 4 is 27.8 Å². The second kappa shape index (κ2) is 5.70. The van der Waals surface area contributed by atoms with Crippen LogP contribution in [0, 0.1) is 0 Å². The van der Waals surface area contributed by atoms with Crippen LogP contribution in [0.1, 0.15) is 28.7 Å². The molecule has 5 N–H and O–H groups in total. The monoisotopic (exact) mass is 362 g/mol. The molecule has 0 amide bonds. The number of aromatic nitrogens is 2. The lowest BCUT2D eigenvalue weighted by molar-refractivity contribution is -0.145.